The van der Waals surface area contributed by atoms with Crippen molar-refractivity contribution in [2.24, 2.45) is 0 Å². The zero-order chi connectivity index (χ0) is 22.8. The maximum Gasteiger partial charge on any atom is 0.356 e. The van der Waals surface area contributed by atoms with Gasteiger partial charge < -0.3 is 29.8 Å². The molecule has 0 saturated carbocycles. The van der Waals surface area contributed by atoms with Gasteiger partial charge >= 0.3 is 5.97 Å². The molecule has 1 saturated heterocycles. The van der Waals surface area contributed by atoms with Crippen LogP contribution in [-0.2, 0) is 20.8 Å². The minimum atomic E-state index is -0.812. The molecule has 31 heavy (non-hydrogen) atoms. The number of methoxy groups -OCH3 is 1. The molecule has 0 aromatic carbocycles. The lowest BCUT2D eigenvalue weighted by molar-refractivity contribution is -0.114. The molecular weight excluding hydrogens is 400 g/mol. The van der Waals surface area contributed by atoms with Crippen molar-refractivity contribution in [1.82, 2.24) is 9.55 Å². The van der Waals surface area contributed by atoms with Crippen LogP contribution in [0.3, 0.4) is 0 Å². The standard InChI is InChI=1S/C22H32N4O5/c1-13(10-22(3,4)29)24-15-9-17-18(25-14(2)27)19(21(28)30-5)26(20(17)23-11-15)12-16-7-6-8-31-16/h9,11,13,16,24,29H,6-8,10,12H2,1-5H3,(H,25,27)/t13-,16+/m1/s1. The Bertz CT molecular complexity index is 957. The number of nitrogens with one attached hydrogen (secondary N) is 2. The number of amides is 1. The van der Waals surface area contributed by atoms with E-state index in [1.54, 1.807) is 24.6 Å². The number of aliphatic hydroxyl groups is 1. The molecule has 1 amide bonds. The molecule has 9 heteroatoms. The molecule has 1 aliphatic heterocycles. The van der Waals surface area contributed by atoms with Crippen LogP contribution < -0.4 is 10.6 Å². The van der Waals surface area contributed by atoms with E-state index in [-0.39, 0.29) is 23.7 Å². The number of rotatable bonds is 8. The lowest BCUT2D eigenvalue weighted by Gasteiger charge is -2.23. The molecule has 0 unspecified atom stereocenters. The first kappa shape index (κ1) is 23.0. The Morgan fingerprint density at radius 1 is 1.45 bits per heavy atom. The van der Waals surface area contributed by atoms with Crippen molar-refractivity contribution in [3.05, 3.63) is 18.0 Å². The molecule has 3 heterocycles. The minimum Gasteiger partial charge on any atom is -0.464 e. The van der Waals surface area contributed by atoms with Gasteiger partial charge in [0, 0.05) is 25.0 Å². The van der Waals surface area contributed by atoms with Gasteiger partial charge in [0.05, 0.1) is 42.9 Å². The Hall–Kier alpha value is -2.65. The van der Waals surface area contributed by atoms with Crippen molar-refractivity contribution in [3.8, 4) is 0 Å². The number of fused-ring (bicyclic) bond motifs is 1. The summed E-state index contributed by atoms with van der Waals surface area (Å²) in [6, 6.07) is 1.84. The van der Waals surface area contributed by atoms with Gasteiger partial charge in [0.15, 0.2) is 5.69 Å². The van der Waals surface area contributed by atoms with Crippen LogP contribution in [-0.4, -0.2) is 58.0 Å². The molecule has 1 aliphatic rings. The van der Waals surface area contributed by atoms with E-state index in [9.17, 15) is 14.7 Å². The summed E-state index contributed by atoms with van der Waals surface area (Å²) >= 11 is 0. The normalized spacial score (nSPS) is 17.5. The van der Waals surface area contributed by atoms with Crippen molar-refractivity contribution >= 4 is 34.3 Å². The van der Waals surface area contributed by atoms with Crippen molar-refractivity contribution < 1.29 is 24.2 Å². The van der Waals surface area contributed by atoms with Gasteiger partial charge in [0.1, 0.15) is 5.65 Å². The van der Waals surface area contributed by atoms with Crippen molar-refractivity contribution in [3.63, 3.8) is 0 Å². The quantitative estimate of drug-likeness (QED) is 0.550. The number of pyridine rings is 1. The second kappa shape index (κ2) is 9.23. The monoisotopic (exact) mass is 432 g/mol. The summed E-state index contributed by atoms with van der Waals surface area (Å²) in [5, 5.41) is 16.8. The fourth-order valence-electron chi connectivity index (χ4n) is 4.17. The molecule has 0 radical (unpaired) electrons. The molecular formula is C22H32N4O5. The topological polar surface area (TPSA) is 115 Å². The SMILES string of the molecule is COC(=O)c1c(NC(C)=O)c2cc(N[C@H](C)CC(C)(C)O)cnc2n1C[C@@H]1CCCO1. The van der Waals surface area contributed by atoms with Gasteiger partial charge in [-0.05, 0) is 46.1 Å². The Kier molecular flexibility index (Phi) is 6.86. The van der Waals surface area contributed by atoms with Crippen LogP contribution >= 0.6 is 0 Å². The third-order valence-electron chi connectivity index (χ3n) is 5.21. The predicted octanol–water partition coefficient (Wildman–Crippen LogP) is 2.92. The molecule has 3 rings (SSSR count). The largest absolute Gasteiger partial charge is 0.464 e. The van der Waals surface area contributed by atoms with E-state index in [2.05, 4.69) is 15.6 Å². The molecule has 2 aromatic heterocycles. The predicted molar refractivity (Wildman–Crippen MR) is 118 cm³/mol. The fourth-order valence-corrected chi connectivity index (χ4v) is 4.17. The van der Waals surface area contributed by atoms with Crippen molar-refractivity contribution in [2.75, 3.05) is 24.4 Å². The van der Waals surface area contributed by atoms with Crippen LogP contribution in [0.1, 0.15) is 57.4 Å². The number of anilines is 2. The smallest absolute Gasteiger partial charge is 0.356 e. The Balaban J connectivity index is 2.08. The molecule has 9 nitrogen and oxygen atoms in total. The number of nitrogens with zero attached hydrogens (tertiary/aromatic N) is 2. The zero-order valence-electron chi connectivity index (χ0n) is 18.8. The molecule has 0 spiro atoms. The van der Waals surface area contributed by atoms with Gasteiger partial charge in [-0.3, -0.25) is 4.79 Å². The highest BCUT2D eigenvalue weighted by molar-refractivity contribution is 6.10. The van der Waals surface area contributed by atoms with Gasteiger partial charge in [-0.1, -0.05) is 0 Å². The summed E-state index contributed by atoms with van der Waals surface area (Å²) in [7, 11) is 1.31. The molecule has 2 aromatic rings. The molecule has 0 bridgehead atoms. The third kappa shape index (κ3) is 5.54. The number of hydrogen-bond donors (Lipinski definition) is 3. The Morgan fingerprint density at radius 3 is 2.77 bits per heavy atom. The van der Waals surface area contributed by atoms with Crippen LogP contribution in [0.4, 0.5) is 11.4 Å². The second-order valence-corrected chi connectivity index (χ2v) is 8.80. The number of esters is 1. The second-order valence-electron chi connectivity index (χ2n) is 8.80. The van der Waals surface area contributed by atoms with E-state index in [1.807, 2.05) is 13.0 Å². The van der Waals surface area contributed by atoms with Crippen LogP contribution in [0.15, 0.2) is 12.3 Å². The zero-order valence-corrected chi connectivity index (χ0v) is 18.8. The fraction of sp³-hybridized carbons (Fsp3) is 0.591. The van der Waals surface area contributed by atoms with E-state index in [4.69, 9.17) is 9.47 Å². The third-order valence-corrected chi connectivity index (χ3v) is 5.21. The molecule has 2 atom stereocenters. The first-order chi connectivity index (χ1) is 14.6. The van der Waals surface area contributed by atoms with E-state index in [0.29, 0.717) is 36.3 Å². The number of ether oxygens (including phenoxy) is 2. The maximum absolute atomic E-state index is 12.7. The average Bonchev–Trinajstić information content (AvgIpc) is 3.26. The van der Waals surface area contributed by atoms with Crippen LogP contribution in [0, 0.1) is 0 Å². The highest BCUT2D eigenvalue weighted by Crippen LogP contribution is 2.34. The average molecular weight is 433 g/mol. The van der Waals surface area contributed by atoms with Crippen LogP contribution in [0.5, 0.6) is 0 Å². The number of carbonyl (C=O) groups excluding carboxylic acids is 2. The van der Waals surface area contributed by atoms with Crippen LogP contribution in [0.2, 0.25) is 0 Å². The number of hydrogen-bond acceptors (Lipinski definition) is 7. The molecule has 0 aliphatic carbocycles. The van der Waals surface area contributed by atoms with Gasteiger partial charge in [0.25, 0.3) is 0 Å². The first-order valence-corrected chi connectivity index (χ1v) is 10.6. The summed E-state index contributed by atoms with van der Waals surface area (Å²) < 4.78 is 12.6. The van der Waals surface area contributed by atoms with Crippen molar-refractivity contribution in [2.45, 2.75) is 71.2 Å². The lowest BCUT2D eigenvalue weighted by atomic mass is 10.0. The number of carbonyl (C=O) groups is 2. The van der Waals surface area contributed by atoms with Gasteiger partial charge in [-0.25, -0.2) is 9.78 Å². The number of aromatic nitrogens is 2. The Morgan fingerprint density at radius 2 is 2.19 bits per heavy atom. The molecule has 1 fully saturated rings. The van der Waals surface area contributed by atoms with Gasteiger partial charge in [-0.2, -0.15) is 0 Å². The van der Waals surface area contributed by atoms with E-state index in [0.717, 1.165) is 18.5 Å². The summed E-state index contributed by atoms with van der Waals surface area (Å²) in [5.74, 6) is -0.847. The summed E-state index contributed by atoms with van der Waals surface area (Å²) in [4.78, 5) is 29.2. The van der Waals surface area contributed by atoms with Gasteiger partial charge in [-0.15, -0.1) is 0 Å². The van der Waals surface area contributed by atoms with Crippen molar-refractivity contribution in [1.29, 1.82) is 0 Å². The van der Waals surface area contributed by atoms with Crippen LogP contribution in [0.25, 0.3) is 11.0 Å². The summed E-state index contributed by atoms with van der Waals surface area (Å²) in [6.45, 7) is 8.02. The maximum atomic E-state index is 12.7. The molecule has 170 valence electrons. The molecule has 3 N–H and O–H groups in total. The van der Waals surface area contributed by atoms with E-state index < -0.39 is 11.6 Å². The summed E-state index contributed by atoms with van der Waals surface area (Å²) in [5.41, 5.74) is 1.10. The Labute approximate surface area is 182 Å². The highest BCUT2D eigenvalue weighted by Gasteiger charge is 2.28. The highest BCUT2D eigenvalue weighted by atomic mass is 16.5. The minimum absolute atomic E-state index is 0.0162. The first-order valence-electron chi connectivity index (χ1n) is 10.6. The van der Waals surface area contributed by atoms with E-state index >= 15 is 0 Å². The van der Waals surface area contributed by atoms with E-state index in [1.165, 1.54) is 14.0 Å². The lowest BCUT2D eigenvalue weighted by Crippen LogP contribution is -2.29. The van der Waals surface area contributed by atoms with Gasteiger partial charge in [0.2, 0.25) is 5.91 Å². The summed E-state index contributed by atoms with van der Waals surface area (Å²) in [6.07, 6.45) is 4.06.